The Hall–Kier alpha value is -0.150. The maximum absolute atomic E-state index is 5.93. The van der Waals surface area contributed by atoms with Crippen molar-refractivity contribution < 1.29 is 0 Å². The highest BCUT2D eigenvalue weighted by Gasteiger charge is 2.25. The Bertz CT molecular complexity index is 343. The van der Waals surface area contributed by atoms with Crippen molar-refractivity contribution in [1.82, 2.24) is 9.97 Å². The number of nitrogens with zero attached hydrogens (tertiary/aromatic N) is 2. The van der Waals surface area contributed by atoms with E-state index in [1.807, 2.05) is 0 Å². The molecule has 1 aromatic rings. The predicted octanol–water partition coefficient (Wildman–Crippen LogP) is 3.80. The largest absolute Gasteiger partial charge is 0.240 e. The normalized spacial score (nSPS) is 26.8. The van der Waals surface area contributed by atoms with E-state index >= 15 is 0 Å². The number of aromatic nitrogens is 2. The van der Waals surface area contributed by atoms with Crippen molar-refractivity contribution in [3.8, 4) is 0 Å². The Kier molecular flexibility index (Phi) is 3.07. The Morgan fingerprint density at radius 3 is 2.86 bits per heavy atom. The fourth-order valence-electron chi connectivity index (χ4n) is 2.00. The molecular weight excluding hydrogens is 263 g/mol. The van der Waals surface area contributed by atoms with Gasteiger partial charge in [-0.25, -0.2) is 9.97 Å². The van der Waals surface area contributed by atoms with E-state index in [4.69, 9.17) is 11.6 Å². The summed E-state index contributed by atoms with van der Waals surface area (Å²) < 4.78 is 0.772. The van der Waals surface area contributed by atoms with Crippen LogP contribution in [0.2, 0.25) is 5.15 Å². The third-order valence-corrected chi connectivity index (χ3v) is 3.88. The first-order chi connectivity index (χ1) is 6.66. The second-order valence-electron chi connectivity index (χ2n) is 3.98. The molecule has 1 aliphatic rings. The lowest BCUT2D eigenvalue weighted by Crippen LogP contribution is -2.01. The van der Waals surface area contributed by atoms with E-state index in [1.165, 1.54) is 19.3 Å². The molecule has 0 amide bonds. The van der Waals surface area contributed by atoms with Crippen LogP contribution in [0.15, 0.2) is 10.7 Å². The van der Waals surface area contributed by atoms with Gasteiger partial charge in [-0.15, -0.1) is 0 Å². The molecule has 4 heteroatoms. The molecule has 1 heterocycles. The fraction of sp³-hybridized carbons (Fsp3) is 0.600. The van der Waals surface area contributed by atoms with Crippen LogP contribution in [0.3, 0.4) is 0 Å². The topological polar surface area (TPSA) is 25.8 Å². The summed E-state index contributed by atoms with van der Waals surface area (Å²) in [5.41, 5.74) is 0. The molecule has 2 rings (SSSR count). The maximum atomic E-state index is 5.93. The van der Waals surface area contributed by atoms with Crippen molar-refractivity contribution in [2.45, 2.75) is 32.1 Å². The zero-order valence-corrected chi connectivity index (χ0v) is 10.3. The Morgan fingerprint density at radius 2 is 2.29 bits per heavy atom. The lowest BCUT2D eigenvalue weighted by Gasteiger charge is -2.08. The molecule has 2 nitrogen and oxygen atoms in total. The van der Waals surface area contributed by atoms with E-state index in [0.717, 1.165) is 16.2 Å². The van der Waals surface area contributed by atoms with Gasteiger partial charge in [0.15, 0.2) is 0 Å². The molecule has 2 unspecified atom stereocenters. The average molecular weight is 276 g/mol. The quantitative estimate of drug-likeness (QED) is 0.729. The maximum Gasteiger partial charge on any atom is 0.146 e. The summed E-state index contributed by atoms with van der Waals surface area (Å²) in [7, 11) is 0. The molecule has 0 bridgehead atoms. The van der Waals surface area contributed by atoms with Crippen LogP contribution in [0, 0.1) is 5.92 Å². The summed E-state index contributed by atoms with van der Waals surface area (Å²) in [6.45, 7) is 2.28. The van der Waals surface area contributed by atoms with E-state index in [9.17, 15) is 0 Å². The molecule has 1 fully saturated rings. The predicted molar refractivity (Wildman–Crippen MR) is 60.5 cm³/mol. The average Bonchev–Trinajstić information content (AvgIpc) is 2.57. The van der Waals surface area contributed by atoms with Crippen LogP contribution in [0.4, 0.5) is 0 Å². The van der Waals surface area contributed by atoms with E-state index in [1.54, 1.807) is 6.20 Å². The van der Waals surface area contributed by atoms with Gasteiger partial charge in [0.25, 0.3) is 0 Å². The van der Waals surface area contributed by atoms with Gasteiger partial charge < -0.3 is 0 Å². The molecule has 0 saturated heterocycles. The van der Waals surface area contributed by atoms with Crippen LogP contribution in [0.1, 0.15) is 37.9 Å². The molecule has 0 radical (unpaired) electrons. The lowest BCUT2D eigenvalue weighted by molar-refractivity contribution is 0.585. The van der Waals surface area contributed by atoms with Crippen LogP contribution in [-0.2, 0) is 0 Å². The molecular formula is C10H12BrClN2. The van der Waals surface area contributed by atoms with E-state index in [-0.39, 0.29) is 0 Å². The molecule has 0 N–H and O–H groups in total. The Morgan fingerprint density at radius 1 is 1.50 bits per heavy atom. The molecule has 0 spiro atoms. The summed E-state index contributed by atoms with van der Waals surface area (Å²) >= 11 is 9.22. The van der Waals surface area contributed by atoms with Gasteiger partial charge in [0, 0.05) is 12.1 Å². The van der Waals surface area contributed by atoms with Crippen LogP contribution in [0.25, 0.3) is 0 Å². The molecule has 2 atom stereocenters. The second kappa shape index (κ2) is 4.15. The minimum absolute atomic E-state index is 0.510. The third-order valence-electron chi connectivity index (χ3n) is 2.78. The molecule has 14 heavy (non-hydrogen) atoms. The molecule has 0 aliphatic heterocycles. The van der Waals surface area contributed by atoms with Crippen molar-refractivity contribution >= 4 is 27.5 Å². The molecule has 76 valence electrons. The van der Waals surface area contributed by atoms with Crippen LogP contribution >= 0.6 is 27.5 Å². The first-order valence-electron chi connectivity index (χ1n) is 4.84. The number of rotatable bonds is 1. The van der Waals surface area contributed by atoms with Crippen molar-refractivity contribution in [1.29, 1.82) is 0 Å². The van der Waals surface area contributed by atoms with Gasteiger partial charge >= 0.3 is 0 Å². The summed E-state index contributed by atoms with van der Waals surface area (Å²) in [6.07, 6.45) is 5.41. The van der Waals surface area contributed by atoms with E-state index in [2.05, 4.69) is 32.8 Å². The van der Waals surface area contributed by atoms with Crippen molar-refractivity contribution in [3.63, 3.8) is 0 Å². The lowest BCUT2D eigenvalue weighted by atomic mass is 10.1. The standard InChI is InChI=1S/C10H12BrClN2/c1-6-2-3-7(4-6)10-13-5-8(11)9(12)14-10/h5-7H,2-4H2,1H3. The third kappa shape index (κ3) is 2.09. The molecule has 0 aromatic carbocycles. The monoisotopic (exact) mass is 274 g/mol. The smallest absolute Gasteiger partial charge is 0.146 e. The first kappa shape index (κ1) is 10.4. The Labute approximate surface area is 97.2 Å². The summed E-state index contributed by atoms with van der Waals surface area (Å²) in [5.74, 6) is 2.21. The first-order valence-corrected chi connectivity index (χ1v) is 6.02. The highest BCUT2D eigenvalue weighted by molar-refractivity contribution is 9.10. The van der Waals surface area contributed by atoms with Gasteiger partial charge in [-0.1, -0.05) is 18.5 Å². The SMILES string of the molecule is CC1CCC(c2ncc(Br)c(Cl)n2)C1. The Balaban J connectivity index is 2.20. The van der Waals surface area contributed by atoms with Crippen molar-refractivity contribution in [2.24, 2.45) is 5.92 Å². The van der Waals surface area contributed by atoms with E-state index < -0.39 is 0 Å². The van der Waals surface area contributed by atoms with Gasteiger partial charge in [-0.05, 0) is 41.1 Å². The van der Waals surface area contributed by atoms with Crippen molar-refractivity contribution in [2.75, 3.05) is 0 Å². The van der Waals surface area contributed by atoms with Gasteiger partial charge in [-0.2, -0.15) is 0 Å². The van der Waals surface area contributed by atoms with E-state index in [0.29, 0.717) is 11.1 Å². The highest BCUT2D eigenvalue weighted by Crippen LogP contribution is 2.36. The van der Waals surface area contributed by atoms with Gasteiger partial charge in [0.2, 0.25) is 0 Å². The minimum Gasteiger partial charge on any atom is -0.240 e. The van der Waals surface area contributed by atoms with Crippen molar-refractivity contribution in [3.05, 3.63) is 21.6 Å². The molecule has 1 aromatic heterocycles. The van der Waals surface area contributed by atoms with Crippen LogP contribution < -0.4 is 0 Å². The van der Waals surface area contributed by atoms with Crippen LogP contribution in [-0.4, -0.2) is 9.97 Å². The fourth-order valence-corrected chi connectivity index (χ4v) is 2.32. The molecule has 1 aliphatic carbocycles. The minimum atomic E-state index is 0.510. The number of hydrogen-bond acceptors (Lipinski definition) is 2. The van der Waals surface area contributed by atoms with Crippen LogP contribution in [0.5, 0.6) is 0 Å². The second-order valence-corrected chi connectivity index (χ2v) is 5.19. The summed E-state index contributed by atoms with van der Waals surface area (Å²) in [5, 5.41) is 0.523. The van der Waals surface area contributed by atoms with Gasteiger partial charge in [0.05, 0.1) is 4.47 Å². The zero-order valence-electron chi connectivity index (χ0n) is 8.00. The summed E-state index contributed by atoms with van der Waals surface area (Å²) in [6, 6.07) is 0. The highest BCUT2D eigenvalue weighted by atomic mass is 79.9. The summed E-state index contributed by atoms with van der Waals surface area (Å²) in [4.78, 5) is 8.61. The van der Waals surface area contributed by atoms with Gasteiger partial charge in [-0.3, -0.25) is 0 Å². The number of halogens is 2. The number of hydrogen-bond donors (Lipinski definition) is 0. The van der Waals surface area contributed by atoms with Gasteiger partial charge in [0.1, 0.15) is 11.0 Å². The zero-order chi connectivity index (χ0) is 10.1. The molecule has 1 saturated carbocycles.